The molecule has 1 nitrogen and oxygen atoms in total. The molecule has 2 heteroatoms. The van der Waals surface area contributed by atoms with Crippen LogP contribution in [0.3, 0.4) is 0 Å². The number of rotatable bonds is 2. The Kier molecular flexibility index (Phi) is 3.04. The number of hydrogen-bond donors (Lipinski definition) is 1. The quantitative estimate of drug-likeness (QED) is 0.798. The number of hydrogen-bond acceptors (Lipinski definition) is 1. The molecule has 74 valence electrons. The molecule has 0 saturated heterocycles. The predicted octanol–water partition coefficient (Wildman–Crippen LogP) is 3.59. The van der Waals surface area contributed by atoms with Gasteiger partial charge in [-0.15, -0.1) is 0 Å². The fourth-order valence-electron chi connectivity index (χ4n) is 1.84. The van der Waals surface area contributed by atoms with E-state index < -0.39 is 6.10 Å². The molecule has 1 aliphatic rings. The second kappa shape index (κ2) is 4.28. The molecular weight excluding hydrogens is 240 g/mol. The van der Waals surface area contributed by atoms with Crippen LogP contribution in [0.2, 0.25) is 0 Å². The standard InChI is InChI=1S/C12H13BrO/c13-11-8-4-3-7-10(11)12(14)9-5-1-2-6-9/h3-5,7-8,12,14H,1-2,6H2. The highest BCUT2D eigenvalue weighted by atomic mass is 79.9. The van der Waals surface area contributed by atoms with Crippen molar-refractivity contribution in [3.63, 3.8) is 0 Å². The van der Waals surface area contributed by atoms with Gasteiger partial charge in [0.1, 0.15) is 6.10 Å². The van der Waals surface area contributed by atoms with Crippen LogP contribution < -0.4 is 0 Å². The highest BCUT2D eigenvalue weighted by Gasteiger charge is 2.17. The van der Waals surface area contributed by atoms with Gasteiger partial charge in [-0.1, -0.05) is 40.2 Å². The zero-order valence-electron chi connectivity index (χ0n) is 7.91. The number of benzene rings is 1. The summed E-state index contributed by atoms with van der Waals surface area (Å²) in [5.41, 5.74) is 2.14. The van der Waals surface area contributed by atoms with Crippen molar-refractivity contribution in [1.82, 2.24) is 0 Å². The molecular formula is C12H13BrO. The third-order valence-electron chi connectivity index (χ3n) is 2.63. The van der Waals surface area contributed by atoms with Crippen LogP contribution in [0.4, 0.5) is 0 Å². The average Bonchev–Trinajstić information content (AvgIpc) is 2.70. The summed E-state index contributed by atoms with van der Waals surface area (Å²) in [5, 5.41) is 10.1. The lowest BCUT2D eigenvalue weighted by Gasteiger charge is -2.13. The second-order valence-electron chi connectivity index (χ2n) is 3.60. The van der Waals surface area contributed by atoms with E-state index in [0.29, 0.717) is 0 Å². The van der Waals surface area contributed by atoms with Crippen molar-refractivity contribution in [2.45, 2.75) is 25.4 Å². The van der Waals surface area contributed by atoms with Gasteiger partial charge in [-0.25, -0.2) is 0 Å². The zero-order chi connectivity index (χ0) is 9.97. The molecule has 1 N–H and O–H groups in total. The Morgan fingerprint density at radius 1 is 1.29 bits per heavy atom. The summed E-state index contributed by atoms with van der Waals surface area (Å²) in [6.07, 6.45) is 5.05. The summed E-state index contributed by atoms with van der Waals surface area (Å²) in [7, 11) is 0. The van der Waals surface area contributed by atoms with Gasteiger partial charge in [0.15, 0.2) is 0 Å². The summed E-state index contributed by atoms with van der Waals surface area (Å²) < 4.78 is 0.986. The molecule has 1 aromatic carbocycles. The van der Waals surface area contributed by atoms with E-state index in [1.54, 1.807) is 0 Å². The molecule has 0 bridgehead atoms. The predicted molar refractivity (Wildman–Crippen MR) is 61.0 cm³/mol. The van der Waals surface area contributed by atoms with Gasteiger partial charge >= 0.3 is 0 Å². The normalized spacial score (nSPS) is 18.0. The molecule has 0 aliphatic heterocycles. The Bertz CT molecular complexity index is 357. The second-order valence-corrected chi connectivity index (χ2v) is 4.45. The van der Waals surface area contributed by atoms with Crippen LogP contribution >= 0.6 is 15.9 Å². The summed E-state index contributed by atoms with van der Waals surface area (Å²) in [4.78, 5) is 0. The van der Waals surface area contributed by atoms with Crippen molar-refractivity contribution in [2.24, 2.45) is 0 Å². The molecule has 0 radical (unpaired) electrons. The van der Waals surface area contributed by atoms with Crippen LogP contribution in [0.1, 0.15) is 30.9 Å². The Morgan fingerprint density at radius 2 is 2.07 bits per heavy atom. The van der Waals surface area contributed by atoms with Crippen LogP contribution in [-0.4, -0.2) is 5.11 Å². The highest BCUT2D eigenvalue weighted by molar-refractivity contribution is 9.10. The van der Waals surface area contributed by atoms with Gasteiger partial charge < -0.3 is 5.11 Å². The topological polar surface area (TPSA) is 20.2 Å². The first-order valence-corrected chi connectivity index (χ1v) is 5.70. The van der Waals surface area contributed by atoms with Crippen molar-refractivity contribution in [1.29, 1.82) is 0 Å². The van der Waals surface area contributed by atoms with Crippen molar-refractivity contribution >= 4 is 15.9 Å². The molecule has 1 atom stereocenters. The third kappa shape index (κ3) is 1.91. The van der Waals surface area contributed by atoms with Crippen molar-refractivity contribution in [3.8, 4) is 0 Å². The SMILES string of the molecule is OC(C1=CCCC1)c1ccccc1Br. The van der Waals surface area contributed by atoms with Crippen LogP contribution in [0.5, 0.6) is 0 Å². The minimum Gasteiger partial charge on any atom is -0.384 e. The number of aliphatic hydroxyl groups is 1. The number of aliphatic hydroxyl groups excluding tert-OH is 1. The molecule has 1 unspecified atom stereocenters. The molecule has 0 heterocycles. The van der Waals surface area contributed by atoms with E-state index in [4.69, 9.17) is 0 Å². The molecule has 0 aromatic heterocycles. The third-order valence-corrected chi connectivity index (χ3v) is 3.35. The Labute approximate surface area is 92.6 Å². The van der Waals surface area contributed by atoms with Crippen LogP contribution in [0, 0.1) is 0 Å². The van der Waals surface area contributed by atoms with Crippen molar-refractivity contribution in [3.05, 3.63) is 46.0 Å². The average molecular weight is 253 g/mol. The summed E-state index contributed by atoms with van der Waals surface area (Å²) in [6, 6.07) is 7.85. The fraction of sp³-hybridized carbons (Fsp3) is 0.333. The van der Waals surface area contributed by atoms with E-state index in [1.807, 2.05) is 24.3 Å². The van der Waals surface area contributed by atoms with E-state index in [0.717, 1.165) is 28.5 Å². The van der Waals surface area contributed by atoms with Gasteiger partial charge in [0.05, 0.1) is 0 Å². The summed E-state index contributed by atoms with van der Waals surface area (Å²) >= 11 is 3.46. The largest absolute Gasteiger partial charge is 0.384 e. The molecule has 0 spiro atoms. The monoisotopic (exact) mass is 252 g/mol. The van der Waals surface area contributed by atoms with Gasteiger partial charge in [0, 0.05) is 4.47 Å². The van der Waals surface area contributed by atoms with E-state index in [9.17, 15) is 5.11 Å². The van der Waals surface area contributed by atoms with E-state index in [2.05, 4.69) is 22.0 Å². The lowest BCUT2D eigenvalue weighted by molar-refractivity contribution is 0.212. The van der Waals surface area contributed by atoms with Crippen molar-refractivity contribution in [2.75, 3.05) is 0 Å². The van der Waals surface area contributed by atoms with Crippen molar-refractivity contribution < 1.29 is 5.11 Å². The fourth-order valence-corrected chi connectivity index (χ4v) is 2.34. The lowest BCUT2D eigenvalue weighted by Crippen LogP contribution is -2.00. The van der Waals surface area contributed by atoms with Gasteiger partial charge in [-0.05, 0) is 36.5 Å². The minimum absolute atomic E-state index is 0.423. The van der Waals surface area contributed by atoms with Gasteiger partial charge in [-0.3, -0.25) is 0 Å². The maximum Gasteiger partial charge on any atom is 0.101 e. The van der Waals surface area contributed by atoms with E-state index in [1.165, 1.54) is 6.42 Å². The molecule has 14 heavy (non-hydrogen) atoms. The first-order valence-electron chi connectivity index (χ1n) is 4.90. The summed E-state index contributed by atoms with van der Waals surface area (Å²) in [5.74, 6) is 0. The molecule has 0 fully saturated rings. The van der Waals surface area contributed by atoms with Crippen LogP contribution in [0.15, 0.2) is 40.4 Å². The molecule has 1 aromatic rings. The molecule has 2 rings (SSSR count). The smallest absolute Gasteiger partial charge is 0.101 e. The van der Waals surface area contributed by atoms with Gasteiger partial charge in [-0.2, -0.15) is 0 Å². The maximum absolute atomic E-state index is 10.1. The molecule has 1 aliphatic carbocycles. The number of allylic oxidation sites excluding steroid dienone is 1. The van der Waals surface area contributed by atoms with E-state index in [-0.39, 0.29) is 0 Å². The van der Waals surface area contributed by atoms with Gasteiger partial charge in [0.25, 0.3) is 0 Å². The van der Waals surface area contributed by atoms with E-state index >= 15 is 0 Å². The number of halogens is 1. The van der Waals surface area contributed by atoms with Crippen LogP contribution in [0.25, 0.3) is 0 Å². The Balaban J connectivity index is 2.26. The zero-order valence-corrected chi connectivity index (χ0v) is 9.50. The first kappa shape index (κ1) is 9.94. The first-order chi connectivity index (χ1) is 6.79. The van der Waals surface area contributed by atoms with Gasteiger partial charge in [0.2, 0.25) is 0 Å². The minimum atomic E-state index is -0.423. The maximum atomic E-state index is 10.1. The highest BCUT2D eigenvalue weighted by Crippen LogP contribution is 2.33. The molecule has 0 saturated carbocycles. The Morgan fingerprint density at radius 3 is 2.71 bits per heavy atom. The lowest BCUT2D eigenvalue weighted by atomic mass is 10.0. The Hall–Kier alpha value is -0.600. The molecule has 0 amide bonds. The summed E-state index contributed by atoms with van der Waals surface area (Å²) in [6.45, 7) is 0. The van der Waals surface area contributed by atoms with Crippen LogP contribution in [-0.2, 0) is 0 Å².